The number of hydrogen-bond acceptors (Lipinski definition) is 2. The summed E-state index contributed by atoms with van der Waals surface area (Å²) in [5.74, 6) is 5.28. The van der Waals surface area contributed by atoms with Crippen molar-refractivity contribution in [2.75, 3.05) is 0 Å². The summed E-state index contributed by atoms with van der Waals surface area (Å²) in [6.07, 6.45) is 0. The van der Waals surface area contributed by atoms with Crippen LogP contribution in [0.4, 0.5) is 4.39 Å². The van der Waals surface area contributed by atoms with Gasteiger partial charge in [-0.05, 0) is 29.8 Å². The van der Waals surface area contributed by atoms with Crippen LogP contribution in [0.25, 0.3) is 0 Å². The first-order valence-electron chi connectivity index (χ1n) is 5.29. The zero-order chi connectivity index (χ0) is 13.1. The Kier molecular flexibility index (Phi) is 4.50. The van der Waals surface area contributed by atoms with Gasteiger partial charge in [0.05, 0.1) is 6.04 Å². The fourth-order valence-corrected chi connectivity index (χ4v) is 2.68. The van der Waals surface area contributed by atoms with Gasteiger partial charge in [-0.15, -0.1) is 0 Å². The van der Waals surface area contributed by atoms with E-state index in [2.05, 4.69) is 37.3 Å². The number of rotatable bonds is 3. The van der Waals surface area contributed by atoms with Crippen LogP contribution in [0.1, 0.15) is 17.2 Å². The molecule has 0 spiro atoms. The Bertz CT molecular complexity index is 560. The summed E-state index contributed by atoms with van der Waals surface area (Å²) in [6, 6.07) is 12.0. The highest BCUT2D eigenvalue weighted by Gasteiger charge is 2.18. The van der Waals surface area contributed by atoms with Crippen LogP contribution in [0.3, 0.4) is 0 Å². The first-order valence-corrected chi connectivity index (χ1v) is 6.87. The first-order chi connectivity index (χ1) is 8.63. The number of halogens is 3. The summed E-state index contributed by atoms with van der Waals surface area (Å²) in [4.78, 5) is 0. The molecule has 94 valence electrons. The van der Waals surface area contributed by atoms with Gasteiger partial charge in [-0.1, -0.05) is 50.1 Å². The molecule has 2 aromatic carbocycles. The zero-order valence-corrected chi connectivity index (χ0v) is 12.5. The molecule has 3 N–H and O–H groups in total. The van der Waals surface area contributed by atoms with Crippen molar-refractivity contribution in [2.24, 2.45) is 5.84 Å². The molecule has 2 nitrogen and oxygen atoms in total. The molecule has 0 aliphatic rings. The number of benzene rings is 2. The molecule has 0 saturated heterocycles. The SMILES string of the molecule is NNC(c1cc(Br)ccc1F)c1ccccc1Br. The van der Waals surface area contributed by atoms with Gasteiger partial charge < -0.3 is 0 Å². The maximum absolute atomic E-state index is 13.9. The molecule has 2 aromatic rings. The number of hydrogen-bond donors (Lipinski definition) is 2. The monoisotopic (exact) mass is 372 g/mol. The number of hydrazine groups is 1. The molecule has 0 aliphatic heterocycles. The quantitative estimate of drug-likeness (QED) is 0.632. The van der Waals surface area contributed by atoms with Crippen molar-refractivity contribution in [3.63, 3.8) is 0 Å². The molecular formula is C13H11Br2FN2. The van der Waals surface area contributed by atoms with E-state index in [1.165, 1.54) is 6.07 Å². The topological polar surface area (TPSA) is 38.0 Å². The molecule has 0 amide bonds. The minimum Gasteiger partial charge on any atom is -0.271 e. The lowest BCUT2D eigenvalue weighted by molar-refractivity contribution is 0.559. The average Bonchev–Trinajstić information content (AvgIpc) is 2.36. The van der Waals surface area contributed by atoms with E-state index in [0.717, 1.165) is 14.5 Å². The van der Waals surface area contributed by atoms with Crippen molar-refractivity contribution in [2.45, 2.75) is 6.04 Å². The predicted octanol–water partition coefficient (Wildman–Crippen LogP) is 3.90. The van der Waals surface area contributed by atoms with Gasteiger partial charge in [0, 0.05) is 14.5 Å². The van der Waals surface area contributed by atoms with E-state index in [0.29, 0.717) is 5.56 Å². The van der Waals surface area contributed by atoms with E-state index < -0.39 is 6.04 Å². The maximum atomic E-state index is 13.9. The van der Waals surface area contributed by atoms with Crippen molar-refractivity contribution >= 4 is 31.9 Å². The van der Waals surface area contributed by atoms with Crippen LogP contribution in [0.2, 0.25) is 0 Å². The van der Waals surface area contributed by atoms with E-state index in [4.69, 9.17) is 5.84 Å². The summed E-state index contributed by atoms with van der Waals surface area (Å²) < 4.78 is 15.6. The highest BCUT2D eigenvalue weighted by Crippen LogP contribution is 2.30. The van der Waals surface area contributed by atoms with Crippen LogP contribution in [-0.2, 0) is 0 Å². The van der Waals surface area contributed by atoms with Gasteiger partial charge in [0.15, 0.2) is 0 Å². The van der Waals surface area contributed by atoms with Crippen molar-refractivity contribution in [1.82, 2.24) is 5.43 Å². The maximum Gasteiger partial charge on any atom is 0.128 e. The summed E-state index contributed by atoms with van der Waals surface area (Å²) in [7, 11) is 0. The van der Waals surface area contributed by atoms with E-state index >= 15 is 0 Å². The van der Waals surface area contributed by atoms with E-state index in [9.17, 15) is 4.39 Å². The lowest BCUT2D eigenvalue weighted by Gasteiger charge is -2.19. The fourth-order valence-electron chi connectivity index (χ4n) is 1.79. The molecule has 0 radical (unpaired) electrons. The first kappa shape index (κ1) is 13.7. The summed E-state index contributed by atoms with van der Waals surface area (Å²) in [5.41, 5.74) is 4.04. The Labute approximate surface area is 122 Å². The Morgan fingerprint density at radius 1 is 1.06 bits per heavy atom. The van der Waals surface area contributed by atoms with Crippen molar-refractivity contribution in [3.8, 4) is 0 Å². The molecular weight excluding hydrogens is 363 g/mol. The Morgan fingerprint density at radius 3 is 2.44 bits per heavy atom. The van der Waals surface area contributed by atoms with Crippen LogP contribution in [-0.4, -0.2) is 0 Å². The molecule has 0 bridgehead atoms. The second-order valence-electron chi connectivity index (χ2n) is 3.79. The third-order valence-corrected chi connectivity index (χ3v) is 3.87. The third kappa shape index (κ3) is 2.80. The van der Waals surface area contributed by atoms with Crippen LogP contribution >= 0.6 is 31.9 Å². The summed E-state index contributed by atoms with van der Waals surface area (Å²) in [6.45, 7) is 0. The zero-order valence-electron chi connectivity index (χ0n) is 9.33. The van der Waals surface area contributed by atoms with Gasteiger partial charge in [0.2, 0.25) is 0 Å². The highest BCUT2D eigenvalue weighted by molar-refractivity contribution is 9.10. The summed E-state index contributed by atoms with van der Waals surface area (Å²) in [5, 5.41) is 0. The number of nitrogens with two attached hydrogens (primary N) is 1. The Hall–Kier alpha value is -0.750. The fraction of sp³-hybridized carbons (Fsp3) is 0.0769. The summed E-state index contributed by atoms with van der Waals surface area (Å²) >= 11 is 6.79. The third-order valence-electron chi connectivity index (χ3n) is 2.65. The van der Waals surface area contributed by atoms with Gasteiger partial charge >= 0.3 is 0 Å². The lowest BCUT2D eigenvalue weighted by Crippen LogP contribution is -2.29. The van der Waals surface area contributed by atoms with E-state index in [-0.39, 0.29) is 5.82 Å². The largest absolute Gasteiger partial charge is 0.271 e. The standard InChI is InChI=1S/C13H11Br2FN2/c14-8-5-6-12(16)10(7-8)13(18-17)9-3-1-2-4-11(9)15/h1-7,13,18H,17H2. The van der Waals surface area contributed by atoms with Gasteiger partial charge in [0.25, 0.3) is 0 Å². The molecule has 0 fully saturated rings. The van der Waals surface area contributed by atoms with Gasteiger partial charge in [-0.3, -0.25) is 5.84 Å². The molecule has 5 heteroatoms. The van der Waals surface area contributed by atoms with Crippen molar-refractivity contribution < 1.29 is 4.39 Å². The normalized spacial score (nSPS) is 12.4. The van der Waals surface area contributed by atoms with Gasteiger partial charge in [-0.25, -0.2) is 9.82 Å². The molecule has 1 unspecified atom stereocenters. The van der Waals surface area contributed by atoms with E-state index in [1.807, 2.05) is 24.3 Å². The minimum atomic E-state index is -0.405. The second kappa shape index (κ2) is 5.93. The molecule has 1 atom stereocenters. The van der Waals surface area contributed by atoms with E-state index in [1.54, 1.807) is 12.1 Å². The Balaban J connectivity index is 2.52. The molecule has 0 aromatic heterocycles. The highest BCUT2D eigenvalue weighted by atomic mass is 79.9. The molecule has 0 saturated carbocycles. The van der Waals surface area contributed by atoms with Crippen LogP contribution in [0.15, 0.2) is 51.4 Å². The van der Waals surface area contributed by atoms with Crippen LogP contribution < -0.4 is 11.3 Å². The number of nitrogens with one attached hydrogen (secondary N) is 1. The lowest BCUT2D eigenvalue weighted by atomic mass is 9.99. The molecule has 0 heterocycles. The average molecular weight is 374 g/mol. The smallest absolute Gasteiger partial charge is 0.128 e. The van der Waals surface area contributed by atoms with Gasteiger partial charge in [0.1, 0.15) is 5.82 Å². The van der Waals surface area contributed by atoms with Crippen molar-refractivity contribution in [3.05, 3.63) is 68.4 Å². The molecule has 2 rings (SSSR count). The second-order valence-corrected chi connectivity index (χ2v) is 5.56. The predicted molar refractivity (Wildman–Crippen MR) is 77.4 cm³/mol. The molecule has 0 aliphatic carbocycles. The van der Waals surface area contributed by atoms with Gasteiger partial charge in [-0.2, -0.15) is 0 Å². The Morgan fingerprint density at radius 2 is 1.78 bits per heavy atom. The van der Waals surface area contributed by atoms with Crippen LogP contribution in [0.5, 0.6) is 0 Å². The van der Waals surface area contributed by atoms with Crippen molar-refractivity contribution in [1.29, 1.82) is 0 Å². The minimum absolute atomic E-state index is 0.295. The molecule has 18 heavy (non-hydrogen) atoms. The van der Waals surface area contributed by atoms with Crippen LogP contribution in [0, 0.1) is 5.82 Å².